The fraction of sp³-hybridized carbons (Fsp3) is 0.250. The Balaban J connectivity index is 1.51. The van der Waals surface area contributed by atoms with E-state index in [2.05, 4.69) is 5.32 Å². The molecular weight excluding hydrogens is 526 g/mol. The Kier molecular flexibility index (Phi) is 10.0. The van der Waals surface area contributed by atoms with Crippen molar-refractivity contribution in [3.63, 3.8) is 0 Å². The summed E-state index contributed by atoms with van der Waals surface area (Å²) in [6.07, 6.45) is 2.25. The number of carboxylic acid groups (broad SMARTS) is 1. The summed E-state index contributed by atoms with van der Waals surface area (Å²) in [5.74, 6) is 1.28. The van der Waals surface area contributed by atoms with Gasteiger partial charge in [-0.1, -0.05) is 42.5 Å². The number of thioether (sulfide) groups is 1. The van der Waals surface area contributed by atoms with E-state index in [1.807, 2.05) is 86.0 Å². The van der Waals surface area contributed by atoms with E-state index in [1.165, 1.54) is 0 Å². The van der Waals surface area contributed by atoms with E-state index < -0.39 is 17.9 Å². The zero-order valence-corrected chi connectivity index (χ0v) is 23.6. The van der Waals surface area contributed by atoms with Crippen LogP contribution in [0.15, 0.2) is 83.3 Å². The summed E-state index contributed by atoms with van der Waals surface area (Å²) >= 11 is 1.54. The SMILES string of the molecule is COc1ccccc1-c1ccc(COCc2ccc(C(=O)N[C@@H](CCSC)C(=O)O)c(-c3ccccc3C)c2)o1. The first-order valence-corrected chi connectivity index (χ1v) is 14.3. The van der Waals surface area contributed by atoms with Gasteiger partial charge in [-0.25, -0.2) is 4.79 Å². The van der Waals surface area contributed by atoms with Crippen molar-refractivity contribution >= 4 is 23.6 Å². The summed E-state index contributed by atoms with van der Waals surface area (Å²) in [6.45, 7) is 2.55. The molecule has 0 aliphatic heterocycles. The quantitative estimate of drug-likeness (QED) is 0.191. The molecule has 0 unspecified atom stereocenters. The number of hydrogen-bond acceptors (Lipinski definition) is 6. The van der Waals surface area contributed by atoms with Gasteiger partial charge in [-0.15, -0.1) is 0 Å². The van der Waals surface area contributed by atoms with E-state index in [0.29, 0.717) is 35.9 Å². The molecule has 0 saturated carbocycles. The van der Waals surface area contributed by atoms with Gasteiger partial charge in [0, 0.05) is 5.56 Å². The predicted molar refractivity (Wildman–Crippen MR) is 158 cm³/mol. The van der Waals surface area contributed by atoms with E-state index in [0.717, 1.165) is 33.6 Å². The molecule has 3 aromatic carbocycles. The van der Waals surface area contributed by atoms with Crippen LogP contribution in [0.3, 0.4) is 0 Å². The number of carboxylic acids is 1. The molecule has 8 heteroatoms. The van der Waals surface area contributed by atoms with Crippen LogP contribution in [0.2, 0.25) is 0 Å². The van der Waals surface area contributed by atoms with Crippen LogP contribution >= 0.6 is 11.8 Å². The largest absolute Gasteiger partial charge is 0.496 e. The Bertz CT molecular complexity index is 1460. The maximum Gasteiger partial charge on any atom is 0.326 e. The molecule has 4 aromatic rings. The standard InChI is InChI=1S/C32H33NO6S/c1-21-8-4-5-9-24(21)27-18-22(12-14-25(27)31(34)33-28(32(35)36)16-17-40-3)19-38-20-23-13-15-30(39-23)26-10-6-7-11-29(26)37-2/h4-15,18,28H,16-17,19-20H2,1-3H3,(H,33,34)(H,35,36)/t28-/m0/s1. The number of para-hydroxylation sites is 1. The van der Waals surface area contributed by atoms with Crippen LogP contribution in [0.5, 0.6) is 5.75 Å². The first kappa shape index (κ1) is 29.0. The molecule has 1 atom stereocenters. The Morgan fingerprint density at radius 1 is 0.950 bits per heavy atom. The third-order valence-electron chi connectivity index (χ3n) is 6.53. The number of ether oxygens (including phenoxy) is 2. The zero-order valence-electron chi connectivity index (χ0n) is 22.8. The monoisotopic (exact) mass is 559 g/mol. The molecule has 2 N–H and O–H groups in total. The molecule has 0 aliphatic rings. The van der Waals surface area contributed by atoms with Crippen molar-refractivity contribution in [2.75, 3.05) is 19.1 Å². The maximum atomic E-state index is 13.3. The van der Waals surface area contributed by atoms with Crippen LogP contribution in [-0.4, -0.2) is 42.1 Å². The second kappa shape index (κ2) is 13.9. The van der Waals surface area contributed by atoms with E-state index in [-0.39, 0.29) is 6.61 Å². The summed E-state index contributed by atoms with van der Waals surface area (Å²) in [5.41, 5.74) is 4.79. The number of aliphatic carboxylic acids is 1. The van der Waals surface area contributed by atoms with Gasteiger partial charge in [0.15, 0.2) is 0 Å². The molecule has 0 spiro atoms. The van der Waals surface area contributed by atoms with Crippen LogP contribution in [0, 0.1) is 6.92 Å². The number of hydrogen-bond donors (Lipinski definition) is 2. The van der Waals surface area contributed by atoms with Gasteiger partial charge in [0.1, 0.15) is 29.9 Å². The number of carbonyl (C=O) groups excluding carboxylic acids is 1. The van der Waals surface area contributed by atoms with Crippen LogP contribution < -0.4 is 10.1 Å². The van der Waals surface area contributed by atoms with Gasteiger partial charge in [-0.05, 0) is 84.0 Å². The molecule has 208 valence electrons. The average Bonchev–Trinajstić information content (AvgIpc) is 3.44. The summed E-state index contributed by atoms with van der Waals surface area (Å²) in [5, 5.41) is 12.3. The lowest BCUT2D eigenvalue weighted by Gasteiger charge is -2.17. The van der Waals surface area contributed by atoms with Gasteiger partial charge >= 0.3 is 5.97 Å². The normalized spacial score (nSPS) is 11.7. The fourth-order valence-electron chi connectivity index (χ4n) is 4.42. The van der Waals surface area contributed by atoms with E-state index in [9.17, 15) is 14.7 Å². The van der Waals surface area contributed by atoms with Crippen molar-refractivity contribution in [1.82, 2.24) is 5.32 Å². The Morgan fingerprint density at radius 3 is 2.42 bits per heavy atom. The smallest absolute Gasteiger partial charge is 0.326 e. The molecule has 1 heterocycles. The molecule has 0 saturated heterocycles. The van der Waals surface area contributed by atoms with E-state index in [1.54, 1.807) is 24.9 Å². The molecule has 0 bridgehead atoms. The van der Waals surface area contributed by atoms with Gasteiger partial charge in [0.25, 0.3) is 5.91 Å². The Labute approximate surface area is 238 Å². The van der Waals surface area contributed by atoms with Crippen molar-refractivity contribution in [3.8, 4) is 28.2 Å². The molecular formula is C32H33NO6S. The van der Waals surface area contributed by atoms with Crippen LogP contribution in [0.25, 0.3) is 22.5 Å². The molecule has 1 aromatic heterocycles. The number of amides is 1. The highest BCUT2D eigenvalue weighted by Gasteiger charge is 2.23. The number of benzene rings is 3. The summed E-state index contributed by atoms with van der Waals surface area (Å²) < 4.78 is 17.4. The van der Waals surface area contributed by atoms with Gasteiger partial charge in [0.2, 0.25) is 0 Å². The number of carbonyl (C=O) groups is 2. The lowest BCUT2D eigenvalue weighted by Crippen LogP contribution is -2.41. The minimum atomic E-state index is -1.04. The lowest BCUT2D eigenvalue weighted by molar-refractivity contribution is -0.139. The van der Waals surface area contributed by atoms with E-state index >= 15 is 0 Å². The second-order valence-electron chi connectivity index (χ2n) is 9.30. The number of methoxy groups -OCH3 is 1. The Morgan fingerprint density at radius 2 is 1.70 bits per heavy atom. The van der Waals surface area contributed by atoms with Gasteiger partial charge in [0.05, 0.1) is 19.3 Å². The third-order valence-corrected chi connectivity index (χ3v) is 7.17. The summed E-state index contributed by atoms with van der Waals surface area (Å²) in [6, 6.07) is 23.8. The fourth-order valence-corrected chi connectivity index (χ4v) is 4.90. The van der Waals surface area contributed by atoms with Crippen molar-refractivity contribution in [3.05, 3.63) is 101 Å². The highest BCUT2D eigenvalue weighted by molar-refractivity contribution is 7.98. The lowest BCUT2D eigenvalue weighted by atomic mass is 9.93. The second-order valence-corrected chi connectivity index (χ2v) is 10.3. The molecule has 7 nitrogen and oxygen atoms in total. The van der Waals surface area contributed by atoms with Crippen LogP contribution in [0.1, 0.15) is 33.7 Å². The predicted octanol–water partition coefficient (Wildman–Crippen LogP) is 6.58. The first-order valence-electron chi connectivity index (χ1n) is 12.9. The Hall–Kier alpha value is -4.01. The number of nitrogens with one attached hydrogen (secondary N) is 1. The van der Waals surface area contributed by atoms with Gasteiger partial charge in [-0.2, -0.15) is 11.8 Å². The molecule has 0 fully saturated rings. The first-order chi connectivity index (χ1) is 19.4. The molecule has 0 aliphatic carbocycles. The maximum absolute atomic E-state index is 13.3. The molecule has 0 radical (unpaired) electrons. The topological polar surface area (TPSA) is 98.0 Å². The third kappa shape index (κ3) is 7.14. The van der Waals surface area contributed by atoms with Crippen molar-refractivity contribution in [2.45, 2.75) is 32.6 Å². The minimum Gasteiger partial charge on any atom is -0.496 e. The van der Waals surface area contributed by atoms with E-state index in [4.69, 9.17) is 13.9 Å². The zero-order chi connectivity index (χ0) is 28.5. The summed E-state index contributed by atoms with van der Waals surface area (Å²) in [7, 11) is 1.63. The van der Waals surface area contributed by atoms with Crippen LogP contribution in [-0.2, 0) is 22.7 Å². The van der Waals surface area contributed by atoms with Crippen molar-refractivity contribution in [1.29, 1.82) is 0 Å². The molecule has 1 amide bonds. The van der Waals surface area contributed by atoms with Crippen molar-refractivity contribution < 1.29 is 28.6 Å². The molecule has 40 heavy (non-hydrogen) atoms. The number of furan rings is 1. The highest BCUT2D eigenvalue weighted by atomic mass is 32.2. The van der Waals surface area contributed by atoms with Gasteiger partial charge < -0.3 is 24.3 Å². The highest BCUT2D eigenvalue weighted by Crippen LogP contribution is 2.32. The summed E-state index contributed by atoms with van der Waals surface area (Å²) in [4.78, 5) is 25.0. The van der Waals surface area contributed by atoms with Crippen molar-refractivity contribution in [2.24, 2.45) is 0 Å². The number of rotatable bonds is 13. The van der Waals surface area contributed by atoms with Gasteiger partial charge in [-0.3, -0.25) is 4.79 Å². The minimum absolute atomic E-state index is 0.271. The average molecular weight is 560 g/mol. The number of aryl methyl sites for hydroxylation is 1. The molecule has 4 rings (SSSR count). The van der Waals surface area contributed by atoms with Crippen LogP contribution in [0.4, 0.5) is 0 Å².